The summed E-state index contributed by atoms with van der Waals surface area (Å²) in [6, 6.07) is 0. The van der Waals surface area contributed by atoms with Crippen molar-refractivity contribution in [1.82, 2.24) is 19.9 Å². The molecule has 0 aliphatic carbocycles. The molecule has 26 heavy (non-hydrogen) atoms. The molecule has 3 heterocycles. The molecule has 1 saturated heterocycles. The first-order valence-corrected chi connectivity index (χ1v) is 9.84. The van der Waals surface area contributed by atoms with Gasteiger partial charge in [0.25, 0.3) is 0 Å². The van der Waals surface area contributed by atoms with Crippen LogP contribution in [-0.2, 0) is 4.79 Å². The quantitative estimate of drug-likeness (QED) is 0.681. The molecule has 0 saturated carbocycles. The highest BCUT2D eigenvalue weighted by Crippen LogP contribution is 2.18. The van der Waals surface area contributed by atoms with Crippen LogP contribution >= 0.6 is 11.8 Å². The van der Waals surface area contributed by atoms with Gasteiger partial charge in [-0.15, -0.1) is 11.8 Å². The molecule has 1 atom stereocenters. The summed E-state index contributed by atoms with van der Waals surface area (Å²) in [4.78, 5) is 31.7. The second kappa shape index (κ2) is 8.79. The monoisotopic (exact) mass is 373 g/mol. The molecule has 1 fully saturated rings. The van der Waals surface area contributed by atoms with Crippen LogP contribution in [-0.4, -0.2) is 51.7 Å². The van der Waals surface area contributed by atoms with Crippen LogP contribution in [0, 0.1) is 5.92 Å². The number of nitrogens with zero attached hydrogens (tertiary/aromatic N) is 5. The Hall–Kier alpha value is -2.42. The number of hydrogen-bond donors (Lipinski definition) is 2. The van der Waals surface area contributed by atoms with Gasteiger partial charge in [-0.05, 0) is 18.6 Å². The van der Waals surface area contributed by atoms with Gasteiger partial charge in [0, 0.05) is 43.3 Å². The summed E-state index contributed by atoms with van der Waals surface area (Å²) in [7, 11) is 0. The van der Waals surface area contributed by atoms with E-state index in [1.54, 1.807) is 29.1 Å². The van der Waals surface area contributed by atoms with Gasteiger partial charge in [-0.1, -0.05) is 6.92 Å². The average Bonchev–Trinajstić information content (AvgIpc) is 3.11. The topological polar surface area (TPSA) is 95.9 Å². The summed E-state index contributed by atoms with van der Waals surface area (Å²) in [5.74, 6) is 2.42. The molecule has 1 aliphatic rings. The second-order valence-electron chi connectivity index (χ2n) is 6.22. The molecule has 1 unspecified atom stereocenters. The van der Waals surface area contributed by atoms with E-state index in [2.05, 4.69) is 37.5 Å². The summed E-state index contributed by atoms with van der Waals surface area (Å²) in [6.45, 7) is 4.34. The maximum Gasteiger partial charge on any atom is 0.228 e. The Balaban J connectivity index is 1.43. The molecule has 2 N–H and O–H groups in total. The van der Waals surface area contributed by atoms with Crippen molar-refractivity contribution in [3.05, 3.63) is 24.8 Å². The maximum atomic E-state index is 11.7. The summed E-state index contributed by atoms with van der Waals surface area (Å²) < 4.78 is 0. The second-order valence-corrected chi connectivity index (χ2v) is 7.10. The minimum Gasteiger partial charge on any atom is -0.368 e. The van der Waals surface area contributed by atoms with E-state index >= 15 is 0 Å². The van der Waals surface area contributed by atoms with Gasteiger partial charge in [-0.25, -0.2) is 19.9 Å². The van der Waals surface area contributed by atoms with Crippen molar-refractivity contribution < 1.29 is 4.79 Å². The first-order valence-electron chi connectivity index (χ1n) is 8.62. The summed E-state index contributed by atoms with van der Waals surface area (Å²) in [6.07, 6.45) is 10.4. The molecule has 9 heteroatoms. The lowest BCUT2D eigenvalue weighted by atomic mass is 10.2. The lowest BCUT2D eigenvalue weighted by Crippen LogP contribution is -2.25. The van der Waals surface area contributed by atoms with Crippen LogP contribution in [0.15, 0.2) is 29.7 Å². The smallest absolute Gasteiger partial charge is 0.228 e. The SMILES string of the molecule is CSc1cnc(NCC(C)CNc2cnc(N3CCCC3=O)cn2)nc1. The van der Waals surface area contributed by atoms with Crippen LogP contribution in [0.2, 0.25) is 0 Å². The lowest BCUT2D eigenvalue weighted by Gasteiger charge is -2.16. The molecule has 3 rings (SSSR count). The van der Waals surface area contributed by atoms with Crippen LogP contribution in [0.4, 0.5) is 17.6 Å². The predicted molar refractivity (Wildman–Crippen MR) is 104 cm³/mol. The molecule has 0 bridgehead atoms. The Bertz CT molecular complexity index is 723. The number of hydrogen-bond acceptors (Lipinski definition) is 8. The molecule has 1 amide bonds. The van der Waals surface area contributed by atoms with E-state index in [-0.39, 0.29) is 5.91 Å². The zero-order valence-corrected chi connectivity index (χ0v) is 15.8. The van der Waals surface area contributed by atoms with E-state index in [0.717, 1.165) is 31.0 Å². The fourth-order valence-electron chi connectivity index (χ4n) is 2.57. The first-order chi connectivity index (χ1) is 12.7. The van der Waals surface area contributed by atoms with Crippen molar-refractivity contribution in [1.29, 1.82) is 0 Å². The normalized spacial score (nSPS) is 15.2. The van der Waals surface area contributed by atoms with Crippen LogP contribution in [0.5, 0.6) is 0 Å². The summed E-state index contributed by atoms with van der Waals surface area (Å²) in [5, 5.41) is 6.50. The van der Waals surface area contributed by atoms with Gasteiger partial charge < -0.3 is 10.6 Å². The highest BCUT2D eigenvalue weighted by Gasteiger charge is 2.22. The number of carbonyl (C=O) groups is 1. The predicted octanol–water partition coefficient (Wildman–Crippen LogP) is 2.28. The fourth-order valence-corrected chi connectivity index (χ4v) is 2.89. The third-order valence-corrected chi connectivity index (χ3v) is 4.77. The van der Waals surface area contributed by atoms with E-state index in [0.29, 0.717) is 29.9 Å². The van der Waals surface area contributed by atoms with Crippen LogP contribution in [0.25, 0.3) is 0 Å². The van der Waals surface area contributed by atoms with E-state index in [1.165, 1.54) is 0 Å². The molecular formula is C17H23N7OS. The van der Waals surface area contributed by atoms with E-state index in [4.69, 9.17) is 0 Å². The van der Waals surface area contributed by atoms with Crippen LogP contribution < -0.4 is 15.5 Å². The molecule has 138 valence electrons. The Morgan fingerprint density at radius 3 is 2.50 bits per heavy atom. The Morgan fingerprint density at radius 1 is 1.12 bits per heavy atom. The lowest BCUT2D eigenvalue weighted by molar-refractivity contribution is -0.117. The molecule has 0 spiro atoms. The third-order valence-electron chi connectivity index (χ3n) is 4.09. The zero-order chi connectivity index (χ0) is 18.4. The van der Waals surface area contributed by atoms with Gasteiger partial charge in [0.1, 0.15) is 5.82 Å². The van der Waals surface area contributed by atoms with Gasteiger partial charge in [-0.3, -0.25) is 9.69 Å². The van der Waals surface area contributed by atoms with Crippen molar-refractivity contribution >= 4 is 35.3 Å². The Kier molecular flexibility index (Phi) is 6.21. The molecule has 8 nitrogen and oxygen atoms in total. The minimum absolute atomic E-state index is 0.118. The molecule has 2 aromatic rings. The molecule has 1 aliphatic heterocycles. The van der Waals surface area contributed by atoms with Gasteiger partial charge in [-0.2, -0.15) is 0 Å². The number of thioether (sulfide) groups is 1. The van der Waals surface area contributed by atoms with Crippen LogP contribution in [0.1, 0.15) is 19.8 Å². The van der Waals surface area contributed by atoms with Gasteiger partial charge in [0.2, 0.25) is 11.9 Å². The standard InChI is InChI=1S/C17H23N7OS/c1-12(7-21-17-22-8-13(26-2)9-23-17)6-18-14-10-20-15(11-19-14)24-5-3-4-16(24)25/h8-12H,3-7H2,1-2H3,(H,18,19)(H,21,22,23). The van der Waals surface area contributed by atoms with E-state index < -0.39 is 0 Å². The molecule has 0 aromatic carbocycles. The minimum atomic E-state index is 0.118. The maximum absolute atomic E-state index is 11.7. The number of rotatable bonds is 8. The largest absolute Gasteiger partial charge is 0.368 e. The third kappa shape index (κ3) is 4.81. The Labute approximate surface area is 157 Å². The van der Waals surface area contributed by atoms with Crippen LogP contribution in [0.3, 0.4) is 0 Å². The number of carbonyl (C=O) groups excluding carboxylic acids is 1. The van der Waals surface area contributed by atoms with E-state index in [9.17, 15) is 4.79 Å². The van der Waals surface area contributed by atoms with Crippen molar-refractivity contribution in [2.45, 2.75) is 24.7 Å². The van der Waals surface area contributed by atoms with E-state index in [1.807, 2.05) is 18.6 Å². The number of nitrogens with one attached hydrogen (secondary N) is 2. The summed E-state index contributed by atoms with van der Waals surface area (Å²) >= 11 is 1.62. The van der Waals surface area contributed by atoms with Crippen molar-refractivity contribution in [3.63, 3.8) is 0 Å². The number of aromatic nitrogens is 4. The highest BCUT2D eigenvalue weighted by atomic mass is 32.2. The van der Waals surface area contributed by atoms with Crippen molar-refractivity contribution in [2.24, 2.45) is 5.92 Å². The highest BCUT2D eigenvalue weighted by molar-refractivity contribution is 7.98. The fraction of sp³-hybridized carbons (Fsp3) is 0.471. The van der Waals surface area contributed by atoms with Gasteiger partial charge >= 0.3 is 0 Å². The summed E-state index contributed by atoms with van der Waals surface area (Å²) in [5.41, 5.74) is 0. The molecule has 2 aromatic heterocycles. The number of anilines is 3. The average molecular weight is 373 g/mol. The number of amides is 1. The molecule has 0 radical (unpaired) electrons. The van der Waals surface area contributed by atoms with Gasteiger partial charge in [0.05, 0.1) is 12.4 Å². The van der Waals surface area contributed by atoms with Gasteiger partial charge in [0.15, 0.2) is 5.82 Å². The molecular weight excluding hydrogens is 350 g/mol. The van der Waals surface area contributed by atoms with Crippen molar-refractivity contribution in [3.8, 4) is 0 Å². The Morgan fingerprint density at radius 2 is 1.88 bits per heavy atom. The first kappa shape index (κ1) is 18.4. The van der Waals surface area contributed by atoms with Crippen molar-refractivity contribution in [2.75, 3.05) is 41.4 Å². The zero-order valence-electron chi connectivity index (χ0n) is 15.0.